The second-order valence-electron chi connectivity index (χ2n) is 4.31. The lowest BCUT2D eigenvalue weighted by Crippen LogP contribution is -2.00. The van der Waals surface area contributed by atoms with Gasteiger partial charge in [-0.05, 0) is 29.3 Å². The molecule has 0 unspecified atom stereocenters. The Bertz CT molecular complexity index is 710. The van der Waals surface area contributed by atoms with E-state index in [-0.39, 0.29) is 24.5 Å². The van der Waals surface area contributed by atoms with Gasteiger partial charge in [0.2, 0.25) is 0 Å². The van der Waals surface area contributed by atoms with Crippen molar-refractivity contribution in [1.29, 1.82) is 5.26 Å². The maximum absolute atomic E-state index is 13.0. The van der Waals surface area contributed by atoms with E-state index in [0.717, 1.165) is 0 Å². The molecule has 0 atom stereocenters. The molecule has 2 rings (SSSR count). The van der Waals surface area contributed by atoms with Crippen LogP contribution >= 0.6 is 0 Å². The zero-order chi connectivity index (χ0) is 15.2. The predicted octanol–water partition coefficient (Wildman–Crippen LogP) is 3.38. The third kappa shape index (κ3) is 3.76. The van der Waals surface area contributed by atoms with E-state index < -0.39 is 10.7 Å². The topological polar surface area (TPSA) is 76.2 Å². The van der Waals surface area contributed by atoms with Gasteiger partial charge in [-0.15, -0.1) is 0 Å². The fourth-order valence-corrected chi connectivity index (χ4v) is 1.82. The number of hydrogen-bond acceptors (Lipinski definition) is 4. The van der Waals surface area contributed by atoms with Gasteiger partial charge < -0.3 is 4.74 Å². The molecule has 0 amide bonds. The molecule has 106 valence electrons. The molecule has 0 aliphatic heterocycles. The highest BCUT2D eigenvalue weighted by Crippen LogP contribution is 2.29. The predicted molar refractivity (Wildman–Crippen MR) is 73.1 cm³/mol. The van der Waals surface area contributed by atoms with Crippen LogP contribution in [0.3, 0.4) is 0 Å². The largest absolute Gasteiger partial charge is 0.482 e. The summed E-state index contributed by atoms with van der Waals surface area (Å²) < 4.78 is 18.4. The second kappa shape index (κ2) is 6.48. The summed E-state index contributed by atoms with van der Waals surface area (Å²) in [4.78, 5) is 10.5. The van der Waals surface area contributed by atoms with Crippen molar-refractivity contribution in [2.45, 2.75) is 13.0 Å². The van der Waals surface area contributed by atoms with Crippen molar-refractivity contribution in [2.75, 3.05) is 0 Å². The number of ether oxygens (including phenoxy) is 1. The Balaban J connectivity index is 2.19. The molecule has 0 aliphatic carbocycles. The molecule has 0 spiro atoms. The summed E-state index contributed by atoms with van der Waals surface area (Å²) in [5.74, 6) is -0.305. The molecule has 0 bridgehead atoms. The van der Waals surface area contributed by atoms with Gasteiger partial charge in [0.05, 0.1) is 17.4 Å². The molecule has 2 aromatic rings. The van der Waals surface area contributed by atoms with Gasteiger partial charge in [0.1, 0.15) is 12.4 Å². The van der Waals surface area contributed by atoms with Gasteiger partial charge in [0, 0.05) is 6.07 Å². The molecule has 0 fully saturated rings. The average Bonchev–Trinajstić information content (AvgIpc) is 2.46. The molecule has 6 heteroatoms. The first-order chi connectivity index (χ1) is 10.1. The van der Waals surface area contributed by atoms with Gasteiger partial charge in [0.15, 0.2) is 5.75 Å². The molecule has 0 radical (unpaired) electrons. The molecular formula is C15H11FN2O3. The van der Waals surface area contributed by atoms with Gasteiger partial charge >= 0.3 is 5.69 Å². The fourth-order valence-electron chi connectivity index (χ4n) is 1.82. The van der Waals surface area contributed by atoms with Crippen molar-refractivity contribution in [3.8, 4) is 11.8 Å². The third-order valence-electron chi connectivity index (χ3n) is 2.79. The number of hydrogen-bond donors (Lipinski definition) is 0. The highest BCUT2D eigenvalue weighted by atomic mass is 19.1. The Kier molecular flexibility index (Phi) is 4.46. The zero-order valence-electron chi connectivity index (χ0n) is 11.0. The lowest BCUT2D eigenvalue weighted by atomic mass is 10.1. The molecule has 0 aliphatic rings. The average molecular weight is 286 g/mol. The Morgan fingerprint density at radius 3 is 2.71 bits per heavy atom. The fraction of sp³-hybridized carbons (Fsp3) is 0.133. The summed E-state index contributed by atoms with van der Waals surface area (Å²) in [6.45, 7) is 0.0240. The molecule has 5 nitrogen and oxygen atoms in total. The summed E-state index contributed by atoms with van der Waals surface area (Å²) >= 11 is 0. The molecule has 2 aromatic carbocycles. The smallest absolute Gasteiger partial charge is 0.311 e. The van der Waals surface area contributed by atoms with Crippen LogP contribution in [-0.2, 0) is 13.0 Å². The zero-order valence-corrected chi connectivity index (χ0v) is 11.0. The van der Waals surface area contributed by atoms with Crippen molar-refractivity contribution in [2.24, 2.45) is 0 Å². The number of nitro groups is 1. The van der Waals surface area contributed by atoms with Gasteiger partial charge in [0.25, 0.3) is 0 Å². The minimum absolute atomic E-state index is 0.0240. The first-order valence-electron chi connectivity index (χ1n) is 6.11. The highest BCUT2D eigenvalue weighted by Gasteiger charge is 2.16. The Hall–Kier alpha value is -2.94. The molecule has 0 N–H and O–H groups in total. The third-order valence-corrected chi connectivity index (χ3v) is 2.79. The summed E-state index contributed by atoms with van der Waals surface area (Å²) in [5.41, 5.74) is 0.909. The van der Waals surface area contributed by atoms with Crippen LogP contribution in [0.2, 0.25) is 0 Å². The van der Waals surface area contributed by atoms with Crippen molar-refractivity contribution in [1.82, 2.24) is 0 Å². The van der Waals surface area contributed by atoms with Gasteiger partial charge in [-0.2, -0.15) is 5.26 Å². The summed E-state index contributed by atoms with van der Waals surface area (Å²) in [7, 11) is 0. The molecule has 0 saturated heterocycles. The number of benzene rings is 2. The minimum atomic E-state index is -0.568. The number of nitriles is 1. The van der Waals surface area contributed by atoms with E-state index in [1.54, 1.807) is 18.2 Å². The second-order valence-corrected chi connectivity index (χ2v) is 4.31. The summed E-state index contributed by atoms with van der Waals surface area (Å²) in [6, 6.07) is 12.1. The number of halogens is 1. The van der Waals surface area contributed by atoms with E-state index in [4.69, 9.17) is 10.00 Å². The van der Waals surface area contributed by atoms with E-state index >= 15 is 0 Å². The van der Waals surface area contributed by atoms with Crippen LogP contribution in [0.4, 0.5) is 10.1 Å². The van der Waals surface area contributed by atoms with Crippen LogP contribution in [0.15, 0.2) is 42.5 Å². The maximum Gasteiger partial charge on any atom is 0.311 e. The lowest BCUT2D eigenvalue weighted by molar-refractivity contribution is -0.386. The van der Waals surface area contributed by atoms with E-state index in [0.29, 0.717) is 11.1 Å². The molecular weight excluding hydrogens is 275 g/mol. The van der Waals surface area contributed by atoms with Crippen molar-refractivity contribution < 1.29 is 14.1 Å². The lowest BCUT2D eigenvalue weighted by Gasteiger charge is -2.07. The van der Waals surface area contributed by atoms with Gasteiger partial charge in [-0.25, -0.2) is 4.39 Å². The molecule has 0 aromatic heterocycles. The Labute approximate surface area is 120 Å². The summed E-state index contributed by atoms with van der Waals surface area (Å²) in [6.07, 6.45) is 0.0883. The van der Waals surface area contributed by atoms with E-state index in [1.807, 2.05) is 6.07 Å². The van der Waals surface area contributed by atoms with Crippen LogP contribution in [0.25, 0.3) is 0 Å². The Morgan fingerprint density at radius 2 is 2.05 bits per heavy atom. The number of rotatable bonds is 5. The van der Waals surface area contributed by atoms with Crippen molar-refractivity contribution in [3.63, 3.8) is 0 Å². The molecule has 21 heavy (non-hydrogen) atoms. The number of nitro benzene ring substituents is 1. The van der Waals surface area contributed by atoms with Crippen LogP contribution in [-0.4, -0.2) is 4.92 Å². The van der Waals surface area contributed by atoms with Crippen LogP contribution in [0.5, 0.6) is 5.75 Å². The van der Waals surface area contributed by atoms with Crippen LogP contribution in [0.1, 0.15) is 11.1 Å². The number of nitrogens with zero attached hydrogens (tertiary/aromatic N) is 2. The molecule has 0 heterocycles. The molecule has 0 saturated carbocycles. The first kappa shape index (κ1) is 14.5. The maximum atomic E-state index is 13.0. The Morgan fingerprint density at radius 1 is 1.24 bits per heavy atom. The highest BCUT2D eigenvalue weighted by molar-refractivity contribution is 5.49. The van der Waals surface area contributed by atoms with E-state index in [2.05, 4.69) is 0 Å². The van der Waals surface area contributed by atoms with Gasteiger partial charge in [-0.3, -0.25) is 10.1 Å². The summed E-state index contributed by atoms with van der Waals surface area (Å²) in [5, 5.41) is 19.6. The standard InChI is InChI=1S/C15H11FN2O3/c16-13-3-1-2-12(8-13)10-21-15-5-4-11(6-7-17)9-14(15)18(19)20/h1-5,8-9H,6,10H2. The SMILES string of the molecule is N#CCc1ccc(OCc2cccc(F)c2)c([N+](=O)[O-])c1. The van der Waals surface area contributed by atoms with Gasteiger partial charge in [-0.1, -0.05) is 18.2 Å². The van der Waals surface area contributed by atoms with Crippen LogP contribution in [0, 0.1) is 27.3 Å². The van der Waals surface area contributed by atoms with E-state index in [1.165, 1.54) is 24.3 Å². The normalized spacial score (nSPS) is 9.90. The van der Waals surface area contributed by atoms with Crippen molar-refractivity contribution in [3.05, 3.63) is 69.5 Å². The van der Waals surface area contributed by atoms with Crippen molar-refractivity contribution >= 4 is 5.69 Å². The van der Waals surface area contributed by atoms with Crippen LogP contribution < -0.4 is 4.74 Å². The quantitative estimate of drug-likeness (QED) is 0.623. The monoisotopic (exact) mass is 286 g/mol. The minimum Gasteiger partial charge on any atom is -0.482 e. The van der Waals surface area contributed by atoms with E-state index in [9.17, 15) is 14.5 Å². The first-order valence-corrected chi connectivity index (χ1v) is 6.11.